The summed E-state index contributed by atoms with van der Waals surface area (Å²) in [7, 11) is 1.76. The summed E-state index contributed by atoms with van der Waals surface area (Å²) in [5.41, 5.74) is 2.60. The van der Waals surface area contributed by atoms with Crippen LogP contribution in [-0.4, -0.2) is 20.4 Å². The third kappa shape index (κ3) is 2.71. The highest BCUT2D eigenvalue weighted by Crippen LogP contribution is 2.13. The molecule has 6 nitrogen and oxygen atoms in total. The summed E-state index contributed by atoms with van der Waals surface area (Å²) in [6.07, 6.45) is 1.67. The first-order chi connectivity index (χ1) is 10.0. The predicted octanol–water partition coefficient (Wildman–Crippen LogP) is 1.78. The Balaban J connectivity index is 1.75. The van der Waals surface area contributed by atoms with Gasteiger partial charge in [0.25, 0.3) is 5.91 Å². The maximum Gasteiger partial charge on any atom is 0.323 e. The molecule has 0 unspecified atom stereocenters. The Bertz CT molecular complexity index is 875. The van der Waals surface area contributed by atoms with Crippen LogP contribution in [0.4, 0.5) is 0 Å². The Morgan fingerprint density at radius 2 is 2.05 bits per heavy atom. The monoisotopic (exact) mass is 304 g/mol. The van der Waals surface area contributed by atoms with Gasteiger partial charge in [-0.1, -0.05) is 17.7 Å². The topological polar surface area (TPSA) is 82.7 Å². The zero-order valence-corrected chi connectivity index (χ0v) is 12.0. The fourth-order valence-corrected chi connectivity index (χ4v) is 2.46. The SMILES string of the molecule is Cn1cc(Cl)cc1C(=O)NCc1ccc2[nH]c(=O)[nH]c2c1. The number of rotatable bonds is 3. The van der Waals surface area contributed by atoms with E-state index in [1.165, 1.54) is 0 Å². The highest BCUT2D eigenvalue weighted by Gasteiger charge is 2.11. The number of aryl methyl sites for hydroxylation is 1. The summed E-state index contributed by atoms with van der Waals surface area (Å²) in [5, 5.41) is 3.34. The van der Waals surface area contributed by atoms with Crippen LogP contribution in [0.25, 0.3) is 11.0 Å². The van der Waals surface area contributed by atoms with E-state index in [9.17, 15) is 9.59 Å². The molecule has 0 radical (unpaired) electrons. The van der Waals surface area contributed by atoms with Crippen molar-refractivity contribution in [2.75, 3.05) is 0 Å². The molecule has 3 N–H and O–H groups in total. The summed E-state index contributed by atoms with van der Waals surface area (Å²) in [6.45, 7) is 0.366. The van der Waals surface area contributed by atoms with Crippen LogP contribution < -0.4 is 11.0 Å². The van der Waals surface area contributed by atoms with Crippen molar-refractivity contribution in [1.82, 2.24) is 19.9 Å². The summed E-state index contributed by atoms with van der Waals surface area (Å²) >= 11 is 5.86. The highest BCUT2D eigenvalue weighted by atomic mass is 35.5. The number of amides is 1. The molecule has 2 heterocycles. The van der Waals surface area contributed by atoms with Crippen LogP contribution in [-0.2, 0) is 13.6 Å². The largest absolute Gasteiger partial charge is 0.347 e. The van der Waals surface area contributed by atoms with Crippen molar-refractivity contribution in [2.45, 2.75) is 6.54 Å². The number of nitrogens with one attached hydrogen (secondary N) is 3. The van der Waals surface area contributed by atoms with E-state index in [-0.39, 0.29) is 11.6 Å². The maximum atomic E-state index is 12.1. The molecule has 0 atom stereocenters. The summed E-state index contributed by atoms with van der Waals surface area (Å²) in [5.74, 6) is -0.202. The lowest BCUT2D eigenvalue weighted by Crippen LogP contribution is -2.24. The van der Waals surface area contributed by atoms with Crippen molar-refractivity contribution in [1.29, 1.82) is 0 Å². The Kier molecular flexibility index (Phi) is 3.31. The molecule has 108 valence electrons. The zero-order chi connectivity index (χ0) is 15.0. The molecule has 0 bridgehead atoms. The maximum absolute atomic E-state index is 12.1. The number of hydrogen-bond donors (Lipinski definition) is 3. The molecule has 7 heteroatoms. The number of carbonyl (C=O) groups excluding carboxylic acids is 1. The third-order valence-corrected chi connectivity index (χ3v) is 3.44. The number of fused-ring (bicyclic) bond motifs is 1. The second-order valence-electron chi connectivity index (χ2n) is 4.80. The number of nitrogens with zero attached hydrogens (tertiary/aromatic N) is 1. The first-order valence-corrected chi connectivity index (χ1v) is 6.72. The Morgan fingerprint density at radius 1 is 1.29 bits per heavy atom. The molecule has 1 amide bonds. The number of hydrogen-bond acceptors (Lipinski definition) is 2. The molecular weight excluding hydrogens is 292 g/mol. The van der Waals surface area contributed by atoms with Crippen LogP contribution in [0.2, 0.25) is 5.02 Å². The zero-order valence-electron chi connectivity index (χ0n) is 11.2. The molecule has 1 aromatic carbocycles. The van der Waals surface area contributed by atoms with Gasteiger partial charge in [0.15, 0.2) is 0 Å². The first kappa shape index (κ1) is 13.5. The van der Waals surface area contributed by atoms with Crippen molar-refractivity contribution in [3.05, 3.63) is 57.2 Å². The van der Waals surface area contributed by atoms with E-state index in [2.05, 4.69) is 15.3 Å². The molecule has 0 fully saturated rings. The lowest BCUT2D eigenvalue weighted by Gasteiger charge is -2.06. The van der Waals surface area contributed by atoms with E-state index in [0.717, 1.165) is 11.1 Å². The lowest BCUT2D eigenvalue weighted by molar-refractivity contribution is 0.0943. The van der Waals surface area contributed by atoms with Gasteiger partial charge < -0.3 is 19.9 Å². The molecule has 3 aromatic rings. The number of imidazole rings is 1. The molecule has 0 aliphatic rings. The highest BCUT2D eigenvalue weighted by molar-refractivity contribution is 6.31. The smallest absolute Gasteiger partial charge is 0.323 e. The average molecular weight is 305 g/mol. The van der Waals surface area contributed by atoms with Crippen molar-refractivity contribution in [2.24, 2.45) is 7.05 Å². The van der Waals surface area contributed by atoms with Gasteiger partial charge in [0.1, 0.15) is 5.69 Å². The molecule has 0 aliphatic carbocycles. The van der Waals surface area contributed by atoms with Gasteiger partial charge in [-0.2, -0.15) is 0 Å². The molecule has 0 saturated carbocycles. The van der Waals surface area contributed by atoms with Gasteiger partial charge in [-0.05, 0) is 23.8 Å². The normalized spacial score (nSPS) is 11.0. The van der Waals surface area contributed by atoms with Crippen molar-refractivity contribution in [3.63, 3.8) is 0 Å². The van der Waals surface area contributed by atoms with Crippen molar-refractivity contribution < 1.29 is 4.79 Å². The van der Waals surface area contributed by atoms with Crippen LogP contribution in [0.3, 0.4) is 0 Å². The average Bonchev–Trinajstić information content (AvgIpc) is 2.96. The Labute approximate surface area is 124 Å². The Hall–Kier alpha value is -2.47. The van der Waals surface area contributed by atoms with E-state index < -0.39 is 0 Å². The molecular formula is C14H13ClN4O2. The van der Waals surface area contributed by atoms with Gasteiger partial charge in [0, 0.05) is 19.8 Å². The second-order valence-corrected chi connectivity index (χ2v) is 5.23. The second kappa shape index (κ2) is 5.14. The summed E-state index contributed by atoms with van der Waals surface area (Å²) < 4.78 is 1.67. The van der Waals surface area contributed by atoms with E-state index in [4.69, 9.17) is 11.6 Å². The van der Waals surface area contributed by atoms with Gasteiger partial charge in [0.2, 0.25) is 0 Å². The number of halogens is 1. The summed E-state index contributed by atoms with van der Waals surface area (Å²) in [6, 6.07) is 7.09. The minimum absolute atomic E-state index is 0.202. The van der Waals surface area contributed by atoms with Crippen molar-refractivity contribution >= 4 is 28.5 Å². The van der Waals surface area contributed by atoms with E-state index in [1.807, 2.05) is 12.1 Å². The minimum atomic E-state index is -0.246. The van der Waals surface area contributed by atoms with Gasteiger partial charge in [-0.25, -0.2) is 4.79 Å². The van der Waals surface area contributed by atoms with Crippen LogP contribution >= 0.6 is 11.6 Å². The van der Waals surface area contributed by atoms with Crippen LogP contribution in [0.5, 0.6) is 0 Å². The molecule has 0 saturated heterocycles. The number of H-pyrrole nitrogens is 2. The predicted molar refractivity (Wildman–Crippen MR) is 80.5 cm³/mol. The fraction of sp³-hybridized carbons (Fsp3) is 0.143. The van der Waals surface area contributed by atoms with Crippen molar-refractivity contribution in [3.8, 4) is 0 Å². The fourth-order valence-electron chi connectivity index (χ4n) is 2.21. The first-order valence-electron chi connectivity index (χ1n) is 6.34. The van der Waals surface area contributed by atoms with Crippen LogP contribution in [0.15, 0.2) is 35.3 Å². The van der Waals surface area contributed by atoms with Gasteiger partial charge >= 0.3 is 5.69 Å². The lowest BCUT2D eigenvalue weighted by atomic mass is 10.2. The molecule has 21 heavy (non-hydrogen) atoms. The minimum Gasteiger partial charge on any atom is -0.347 e. The molecule has 2 aromatic heterocycles. The van der Waals surface area contributed by atoms with E-state index >= 15 is 0 Å². The van der Waals surface area contributed by atoms with Crippen LogP contribution in [0.1, 0.15) is 16.1 Å². The van der Waals surface area contributed by atoms with Crippen LogP contribution in [0, 0.1) is 0 Å². The number of aromatic nitrogens is 3. The van der Waals surface area contributed by atoms with E-state index in [0.29, 0.717) is 22.8 Å². The number of aromatic amines is 2. The summed E-state index contributed by atoms with van der Waals surface area (Å²) in [4.78, 5) is 28.6. The quantitative estimate of drug-likeness (QED) is 0.689. The third-order valence-electron chi connectivity index (χ3n) is 3.24. The molecule has 3 rings (SSSR count). The van der Waals surface area contributed by atoms with Gasteiger partial charge in [0.05, 0.1) is 16.1 Å². The standard InChI is InChI=1S/C14H13ClN4O2/c1-19-7-9(15)5-12(19)13(20)16-6-8-2-3-10-11(4-8)18-14(21)17-10/h2-5,7H,6H2,1H3,(H,16,20)(H2,17,18,21). The number of benzene rings is 1. The molecule has 0 aliphatic heterocycles. The number of carbonyl (C=O) groups is 1. The Morgan fingerprint density at radius 3 is 2.76 bits per heavy atom. The van der Waals surface area contributed by atoms with Gasteiger partial charge in [-0.15, -0.1) is 0 Å². The molecule has 0 spiro atoms. The van der Waals surface area contributed by atoms with E-state index in [1.54, 1.807) is 29.9 Å². The van der Waals surface area contributed by atoms with Gasteiger partial charge in [-0.3, -0.25) is 4.79 Å².